The van der Waals surface area contributed by atoms with Crippen LogP contribution in [0.15, 0.2) is 42.7 Å². The second-order valence-electron chi connectivity index (χ2n) is 7.48. The van der Waals surface area contributed by atoms with E-state index in [-0.39, 0.29) is 11.7 Å². The van der Waals surface area contributed by atoms with Gasteiger partial charge in [0.15, 0.2) is 0 Å². The number of carbonyl (C=O) groups is 1. The summed E-state index contributed by atoms with van der Waals surface area (Å²) in [5.41, 5.74) is 5.10. The summed E-state index contributed by atoms with van der Waals surface area (Å²) in [7, 11) is 1.95. The Labute approximate surface area is 156 Å². The van der Waals surface area contributed by atoms with Crippen LogP contribution in [0.2, 0.25) is 0 Å². The van der Waals surface area contributed by atoms with E-state index < -0.39 is 11.3 Å². The molecule has 2 atom stereocenters. The van der Waals surface area contributed by atoms with Gasteiger partial charge in [-0.1, -0.05) is 18.2 Å². The number of hydroxylamine groups is 1. The lowest BCUT2D eigenvalue weighted by Crippen LogP contribution is -2.42. The normalized spacial score (nSPS) is 22.3. The van der Waals surface area contributed by atoms with E-state index in [2.05, 4.69) is 11.1 Å². The van der Waals surface area contributed by atoms with Crippen molar-refractivity contribution in [1.29, 1.82) is 0 Å². The predicted octanol–water partition coefficient (Wildman–Crippen LogP) is 3.73. The highest BCUT2D eigenvalue weighted by Crippen LogP contribution is 2.49. The zero-order chi connectivity index (χ0) is 19.2. The van der Waals surface area contributed by atoms with Gasteiger partial charge in [-0.2, -0.15) is 0 Å². The molecule has 0 spiro atoms. The monoisotopic (exact) mass is 367 g/mol. The molecule has 2 N–H and O–H groups in total. The number of aryl methyl sites for hydroxylation is 1. The Bertz CT molecular complexity index is 1030. The molecule has 1 heterocycles. The molecule has 0 saturated heterocycles. The van der Waals surface area contributed by atoms with Crippen LogP contribution in [0.1, 0.15) is 41.9 Å². The van der Waals surface area contributed by atoms with Crippen molar-refractivity contribution < 1.29 is 14.4 Å². The standard InChI is InChI=1S/C21H22FN3O2/c1-13-16(4-3-5-17(13)22)21(20(26)24-27)9-8-15(11-21)14-6-7-18-19(10-14)25(2)12-23-18/h3-7,10,12,15,27H,8-9,11H2,1-2H3,(H,24,26). The highest BCUT2D eigenvalue weighted by Gasteiger charge is 2.48. The quantitative estimate of drug-likeness (QED) is 0.547. The Balaban J connectivity index is 1.76. The van der Waals surface area contributed by atoms with Gasteiger partial charge in [0.2, 0.25) is 0 Å². The zero-order valence-corrected chi connectivity index (χ0v) is 15.4. The number of carbonyl (C=O) groups excluding carboxylic acids is 1. The van der Waals surface area contributed by atoms with Gasteiger partial charge in [-0.05, 0) is 67.0 Å². The molecule has 0 bridgehead atoms. The van der Waals surface area contributed by atoms with Crippen LogP contribution in [0.3, 0.4) is 0 Å². The van der Waals surface area contributed by atoms with Gasteiger partial charge in [-0.15, -0.1) is 0 Å². The van der Waals surface area contributed by atoms with Gasteiger partial charge in [0.25, 0.3) is 5.91 Å². The number of imidazole rings is 1. The smallest absolute Gasteiger partial charge is 0.254 e. The Kier molecular flexibility index (Phi) is 4.23. The fourth-order valence-corrected chi connectivity index (χ4v) is 4.53. The zero-order valence-electron chi connectivity index (χ0n) is 15.4. The first-order chi connectivity index (χ1) is 13.0. The highest BCUT2D eigenvalue weighted by atomic mass is 19.1. The summed E-state index contributed by atoms with van der Waals surface area (Å²) in [6.45, 7) is 1.69. The third-order valence-electron chi connectivity index (χ3n) is 6.05. The summed E-state index contributed by atoms with van der Waals surface area (Å²) >= 11 is 0. The number of nitrogens with one attached hydrogen (secondary N) is 1. The summed E-state index contributed by atoms with van der Waals surface area (Å²) in [6.07, 6.45) is 3.64. The first-order valence-corrected chi connectivity index (χ1v) is 9.07. The van der Waals surface area contributed by atoms with E-state index in [1.54, 1.807) is 25.4 Å². The van der Waals surface area contributed by atoms with Crippen molar-refractivity contribution >= 4 is 16.9 Å². The molecule has 6 heteroatoms. The average Bonchev–Trinajstić information content (AvgIpc) is 3.28. The minimum atomic E-state index is -0.937. The Morgan fingerprint density at radius 2 is 2.19 bits per heavy atom. The SMILES string of the molecule is Cc1c(F)cccc1C1(C(=O)NO)CCC(c2ccc3ncn(C)c3c2)C1. The first-order valence-electron chi connectivity index (χ1n) is 9.07. The summed E-state index contributed by atoms with van der Waals surface area (Å²) < 4.78 is 16.1. The fourth-order valence-electron chi connectivity index (χ4n) is 4.53. The van der Waals surface area contributed by atoms with Crippen molar-refractivity contribution in [2.24, 2.45) is 7.05 Å². The van der Waals surface area contributed by atoms with Gasteiger partial charge < -0.3 is 4.57 Å². The number of hydrogen-bond acceptors (Lipinski definition) is 3. The van der Waals surface area contributed by atoms with E-state index in [9.17, 15) is 14.4 Å². The van der Waals surface area contributed by atoms with Crippen LogP contribution in [-0.4, -0.2) is 20.7 Å². The molecule has 0 radical (unpaired) electrons. The van der Waals surface area contributed by atoms with Gasteiger partial charge in [0, 0.05) is 7.05 Å². The van der Waals surface area contributed by atoms with Crippen LogP contribution in [0.5, 0.6) is 0 Å². The molecule has 2 aromatic carbocycles. The highest BCUT2D eigenvalue weighted by molar-refractivity contribution is 5.88. The molecule has 1 saturated carbocycles. The molecule has 1 aliphatic rings. The molecule has 1 aromatic heterocycles. The molecule has 1 aliphatic carbocycles. The summed E-state index contributed by atoms with van der Waals surface area (Å²) in [5.74, 6) is -0.665. The van der Waals surface area contributed by atoms with E-state index in [0.717, 1.165) is 23.0 Å². The summed E-state index contributed by atoms with van der Waals surface area (Å²) in [4.78, 5) is 17.1. The van der Waals surface area contributed by atoms with E-state index in [1.807, 2.05) is 29.2 Å². The van der Waals surface area contributed by atoms with Gasteiger partial charge in [-0.25, -0.2) is 14.9 Å². The number of nitrogens with zero attached hydrogens (tertiary/aromatic N) is 2. The van der Waals surface area contributed by atoms with Gasteiger partial charge >= 0.3 is 0 Å². The van der Waals surface area contributed by atoms with Crippen LogP contribution < -0.4 is 5.48 Å². The minimum absolute atomic E-state index is 0.143. The number of rotatable bonds is 3. The van der Waals surface area contributed by atoms with Gasteiger partial charge in [-0.3, -0.25) is 10.0 Å². The molecule has 5 nitrogen and oxygen atoms in total. The molecule has 1 amide bonds. The number of hydrogen-bond donors (Lipinski definition) is 2. The van der Waals surface area contributed by atoms with Crippen molar-refractivity contribution in [1.82, 2.24) is 15.0 Å². The number of benzene rings is 2. The van der Waals surface area contributed by atoms with Crippen molar-refractivity contribution in [3.05, 3.63) is 65.2 Å². The molecule has 1 fully saturated rings. The largest absolute Gasteiger partial charge is 0.334 e. The van der Waals surface area contributed by atoms with Crippen molar-refractivity contribution in [3.63, 3.8) is 0 Å². The molecule has 3 aromatic rings. The summed E-state index contributed by atoms with van der Waals surface area (Å²) in [6, 6.07) is 11.0. The summed E-state index contributed by atoms with van der Waals surface area (Å²) in [5, 5.41) is 9.38. The van der Waals surface area contributed by atoms with Crippen LogP contribution in [0.25, 0.3) is 11.0 Å². The lowest BCUT2D eigenvalue weighted by atomic mass is 9.75. The van der Waals surface area contributed by atoms with Crippen LogP contribution in [0, 0.1) is 12.7 Å². The fraction of sp³-hybridized carbons (Fsp3) is 0.333. The average molecular weight is 367 g/mol. The van der Waals surface area contributed by atoms with Crippen molar-refractivity contribution in [3.8, 4) is 0 Å². The van der Waals surface area contributed by atoms with E-state index in [1.165, 1.54) is 6.07 Å². The molecule has 27 heavy (non-hydrogen) atoms. The van der Waals surface area contributed by atoms with Crippen molar-refractivity contribution in [2.45, 2.75) is 37.5 Å². The van der Waals surface area contributed by atoms with Crippen LogP contribution in [0.4, 0.5) is 4.39 Å². The maximum Gasteiger partial charge on any atom is 0.254 e. The molecule has 0 aliphatic heterocycles. The second kappa shape index (κ2) is 6.46. The van der Waals surface area contributed by atoms with E-state index in [0.29, 0.717) is 24.0 Å². The first kappa shape index (κ1) is 17.7. The Hall–Kier alpha value is -2.73. The van der Waals surface area contributed by atoms with Crippen LogP contribution >= 0.6 is 0 Å². The van der Waals surface area contributed by atoms with Crippen LogP contribution in [-0.2, 0) is 17.3 Å². The number of halogens is 1. The van der Waals surface area contributed by atoms with Gasteiger partial charge in [0.1, 0.15) is 5.82 Å². The third kappa shape index (κ3) is 2.72. The lowest BCUT2D eigenvalue weighted by molar-refractivity contribution is -0.135. The number of fused-ring (bicyclic) bond motifs is 1. The Morgan fingerprint density at radius 1 is 1.37 bits per heavy atom. The second-order valence-corrected chi connectivity index (χ2v) is 7.48. The maximum absolute atomic E-state index is 14.2. The maximum atomic E-state index is 14.2. The lowest BCUT2D eigenvalue weighted by Gasteiger charge is -2.29. The molecule has 2 unspecified atom stereocenters. The molecule has 4 rings (SSSR count). The number of aromatic nitrogens is 2. The van der Waals surface area contributed by atoms with Gasteiger partial charge in [0.05, 0.1) is 22.8 Å². The molecule has 140 valence electrons. The predicted molar refractivity (Wildman–Crippen MR) is 100 cm³/mol. The molecular weight excluding hydrogens is 345 g/mol. The van der Waals surface area contributed by atoms with Crippen molar-refractivity contribution in [2.75, 3.05) is 0 Å². The van der Waals surface area contributed by atoms with E-state index in [4.69, 9.17) is 0 Å². The molecular formula is C21H22FN3O2. The topological polar surface area (TPSA) is 67.2 Å². The number of amides is 1. The minimum Gasteiger partial charge on any atom is -0.334 e. The Morgan fingerprint density at radius 3 is 2.96 bits per heavy atom. The third-order valence-corrected chi connectivity index (χ3v) is 6.05. The van der Waals surface area contributed by atoms with E-state index >= 15 is 0 Å².